The molecule has 8 atom stereocenters. The van der Waals surface area contributed by atoms with Gasteiger partial charge in [-0.2, -0.15) is 0 Å². The highest BCUT2D eigenvalue weighted by molar-refractivity contribution is 7.47. The molecule has 330 valence electrons. The van der Waals surface area contributed by atoms with Crippen LogP contribution in [0.1, 0.15) is 197 Å². The van der Waals surface area contributed by atoms with Gasteiger partial charge in [-0.3, -0.25) is 18.6 Å². The highest BCUT2D eigenvalue weighted by atomic mass is 31.2. The Bertz CT molecular complexity index is 1310. The molecule has 0 aromatic carbocycles. The van der Waals surface area contributed by atoms with Crippen molar-refractivity contribution in [2.45, 2.75) is 230 Å². The lowest BCUT2D eigenvalue weighted by molar-refractivity contribution is -0.220. The summed E-state index contributed by atoms with van der Waals surface area (Å²) in [6, 6.07) is 0. The Kier molecular flexibility index (Phi) is 24.7. The summed E-state index contributed by atoms with van der Waals surface area (Å²) in [5.74, 6) is -1.21. The highest BCUT2D eigenvalue weighted by Crippen LogP contribution is 2.47. The molecule has 1 saturated carbocycles. The molecule has 0 aromatic heterocycles. The molecule has 0 radical (unpaired) electrons. The van der Waals surface area contributed by atoms with E-state index in [0.29, 0.717) is 25.7 Å². The van der Waals surface area contributed by atoms with Crippen LogP contribution in [0.5, 0.6) is 0 Å². The standard InChI is InChI=1S/C42H79O13P/c1-3-5-7-9-11-13-15-17-18-19-21-23-25-27-29-31-36(44)54-34(32-52-35(43)30-28-26-24-22-20-16-14-12-10-8-6-4-2)33-53-56(50,51)55-42-40(48)38(46)37(45)39(47)41(42)49/h17-18,34,37-42,45-49H,3-16,19-33H2,1-2H3,(H,50,51)/b18-17-/t34-,37?,38-,39+,40-,41-,42?/m1/s1/i1D3,3D2,5D2. The van der Waals surface area contributed by atoms with Crippen molar-refractivity contribution in [1.82, 2.24) is 0 Å². The molecule has 56 heavy (non-hydrogen) atoms. The summed E-state index contributed by atoms with van der Waals surface area (Å²) in [5, 5.41) is 50.1. The lowest BCUT2D eigenvalue weighted by Crippen LogP contribution is -2.64. The maximum atomic E-state index is 12.8. The lowest BCUT2D eigenvalue weighted by atomic mass is 9.85. The van der Waals surface area contributed by atoms with Crippen molar-refractivity contribution in [2.75, 3.05) is 13.2 Å². The number of aliphatic hydroxyl groups excluding tert-OH is 5. The topological polar surface area (TPSA) is 210 Å². The maximum Gasteiger partial charge on any atom is 0.472 e. The lowest BCUT2D eigenvalue weighted by Gasteiger charge is -2.41. The molecule has 13 nitrogen and oxygen atoms in total. The molecular weight excluding hydrogens is 743 g/mol. The Labute approximate surface area is 347 Å². The van der Waals surface area contributed by atoms with Crippen LogP contribution in [0, 0.1) is 0 Å². The van der Waals surface area contributed by atoms with Gasteiger partial charge in [0.15, 0.2) is 6.10 Å². The summed E-state index contributed by atoms with van der Waals surface area (Å²) in [5.41, 5.74) is 0. The average Bonchev–Trinajstić information content (AvgIpc) is 3.21. The van der Waals surface area contributed by atoms with Gasteiger partial charge in [0, 0.05) is 22.4 Å². The number of phosphoric ester groups is 1. The van der Waals surface area contributed by atoms with Crippen LogP contribution in [0.3, 0.4) is 0 Å². The minimum Gasteiger partial charge on any atom is -0.462 e. The fourth-order valence-corrected chi connectivity index (χ4v) is 7.40. The van der Waals surface area contributed by atoms with Gasteiger partial charge in [0.2, 0.25) is 0 Å². The first-order valence-electron chi connectivity index (χ1n) is 24.6. The number of phosphoric acid groups is 1. The molecule has 1 aliphatic carbocycles. The van der Waals surface area contributed by atoms with E-state index in [0.717, 1.165) is 70.6 Å². The average molecular weight is 830 g/mol. The minimum atomic E-state index is -5.16. The van der Waals surface area contributed by atoms with Gasteiger partial charge >= 0.3 is 19.8 Å². The summed E-state index contributed by atoms with van der Waals surface area (Å²) >= 11 is 0. The van der Waals surface area contributed by atoms with E-state index in [2.05, 4.69) is 13.0 Å². The number of hydrogen-bond acceptors (Lipinski definition) is 12. The van der Waals surface area contributed by atoms with Crippen LogP contribution in [0.15, 0.2) is 12.2 Å². The monoisotopic (exact) mass is 830 g/mol. The molecular formula is C42H79O13P. The number of rotatable bonds is 36. The molecule has 0 aliphatic heterocycles. The zero-order valence-electron chi connectivity index (χ0n) is 40.8. The highest BCUT2D eigenvalue weighted by Gasteiger charge is 2.51. The van der Waals surface area contributed by atoms with E-state index in [1.807, 2.05) is 6.08 Å². The Morgan fingerprint density at radius 3 is 1.61 bits per heavy atom. The van der Waals surface area contributed by atoms with Gasteiger partial charge in [-0.15, -0.1) is 0 Å². The second kappa shape index (κ2) is 33.4. The molecule has 1 rings (SSSR count). The zero-order valence-corrected chi connectivity index (χ0v) is 34.7. The van der Waals surface area contributed by atoms with E-state index in [9.17, 15) is 44.6 Å². The third-order valence-electron chi connectivity index (χ3n) is 9.89. The predicted molar refractivity (Wildman–Crippen MR) is 217 cm³/mol. The van der Waals surface area contributed by atoms with Crippen LogP contribution in [-0.2, 0) is 32.7 Å². The molecule has 0 spiro atoms. The SMILES string of the molecule is [2H]C([2H])([2H])C([2H])([2H])C([2H])([2H])CCCCC/C=C\CCCCCCCC(=O)O[C@H](COC(=O)CCCCCCCCCCCCCC)COP(=O)(O)OC1[C@H](O)[C@H](O)C(O)[C@H](O)[C@H]1O. The second-order valence-electron chi connectivity index (χ2n) is 14.9. The van der Waals surface area contributed by atoms with E-state index in [1.165, 1.54) is 44.9 Å². The Balaban J connectivity index is 2.48. The largest absolute Gasteiger partial charge is 0.472 e. The Morgan fingerprint density at radius 1 is 0.643 bits per heavy atom. The first-order valence-corrected chi connectivity index (χ1v) is 22.6. The first kappa shape index (κ1) is 41.3. The van der Waals surface area contributed by atoms with Crippen LogP contribution < -0.4 is 0 Å². The smallest absolute Gasteiger partial charge is 0.462 e. The molecule has 1 fully saturated rings. The van der Waals surface area contributed by atoms with Crippen molar-refractivity contribution < 1.29 is 72.7 Å². The maximum absolute atomic E-state index is 12.8. The third kappa shape index (κ3) is 25.8. The summed E-state index contributed by atoms with van der Waals surface area (Å²) in [7, 11) is -5.16. The molecule has 0 aromatic rings. The van der Waals surface area contributed by atoms with E-state index >= 15 is 0 Å². The van der Waals surface area contributed by atoms with E-state index in [-0.39, 0.29) is 19.3 Å². The van der Waals surface area contributed by atoms with E-state index in [1.54, 1.807) is 0 Å². The van der Waals surface area contributed by atoms with Crippen LogP contribution in [-0.4, -0.2) is 98.3 Å². The fraction of sp³-hybridized carbons (Fsp3) is 0.905. The van der Waals surface area contributed by atoms with Crippen molar-refractivity contribution in [3.8, 4) is 0 Å². The van der Waals surface area contributed by atoms with Crippen molar-refractivity contribution in [3.05, 3.63) is 12.2 Å². The minimum absolute atomic E-state index is 0.0113. The van der Waals surface area contributed by atoms with Gasteiger partial charge in [-0.25, -0.2) is 4.57 Å². The van der Waals surface area contributed by atoms with Crippen LogP contribution in [0.4, 0.5) is 0 Å². The normalized spacial score (nSPS) is 25.5. The Hall–Kier alpha value is -1.41. The van der Waals surface area contributed by atoms with Gasteiger partial charge in [-0.1, -0.05) is 148 Å². The zero-order chi connectivity index (χ0) is 47.5. The molecule has 1 aliphatic rings. The summed E-state index contributed by atoms with van der Waals surface area (Å²) in [6.07, 6.45) is 6.08. The number of ether oxygens (including phenoxy) is 2. The van der Waals surface area contributed by atoms with Gasteiger partial charge < -0.3 is 39.9 Å². The van der Waals surface area contributed by atoms with Gasteiger partial charge in [-0.05, 0) is 38.5 Å². The van der Waals surface area contributed by atoms with Crippen molar-refractivity contribution in [3.63, 3.8) is 0 Å². The van der Waals surface area contributed by atoms with Crippen molar-refractivity contribution in [1.29, 1.82) is 0 Å². The molecule has 14 heteroatoms. The van der Waals surface area contributed by atoms with Crippen LogP contribution >= 0.6 is 7.82 Å². The summed E-state index contributed by atoms with van der Waals surface area (Å²) in [6.45, 7) is -2.10. The fourth-order valence-electron chi connectivity index (χ4n) is 6.42. The van der Waals surface area contributed by atoms with Gasteiger partial charge in [0.1, 0.15) is 43.2 Å². The van der Waals surface area contributed by atoms with Crippen LogP contribution in [0.25, 0.3) is 0 Å². The predicted octanol–water partition coefficient (Wildman–Crippen LogP) is 7.89. The first-order chi connectivity index (χ1) is 29.6. The number of carbonyl (C=O) groups is 2. The van der Waals surface area contributed by atoms with E-state index < -0.39 is 95.3 Å². The van der Waals surface area contributed by atoms with Crippen LogP contribution in [0.2, 0.25) is 0 Å². The number of aliphatic hydroxyl groups is 5. The number of unbranched alkanes of at least 4 members (excludes halogenated alkanes) is 19. The summed E-state index contributed by atoms with van der Waals surface area (Å²) in [4.78, 5) is 35.7. The second-order valence-corrected chi connectivity index (χ2v) is 16.3. The van der Waals surface area contributed by atoms with Gasteiger partial charge in [0.25, 0.3) is 0 Å². The molecule has 0 heterocycles. The Morgan fingerprint density at radius 2 is 1.09 bits per heavy atom. The van der Waals surface area contributed by atoms with E-state index in [4.69, 9.17) is 28.1 Å². The van der Waals surface area contributed by atoms with Crippen molar-refractivity contribution in [2.24, 2.45) is 0 Å². The molecule has 6 N–H and O–H groups in total. The third-order valence-corrected chi connectivity index (χ3v) is 10.9. The number of hydrogen-bond donors (Lipinski definition) is 6. The van der Waals surface area contributed by atoms with Gasteiger partial charge in [0.05, 0.1) is 6.61 Å². The molecule has 3 unspecified atom stereocenters. The molecule has 0 saturated heterocycles. The summed E-state index contributed by atoms with van der Waals surface area (Å²) < 4.78 is 86.4. The quantitative estimate of drug-likeness (QED) is 0.0154. The molecule has 0 amide bonds. The molecule has 0 bridgehead atoms. The number of esters is 2. The number of carbonyl (C=O) groups excluding carboxylic acids is 2. The number of allylic oxidation sites excluding steroid dienone is 2. The van der Waals surface area contributed by atoms with Crippen molar-refractivity contribution >= 4 is 19.8 Å².